The van der Waals surface area contributed by atoms with Crippen molar-refractivity contribution < 1.29 is 17.9 Å². The molecule has 0 spiro atoms. The second-order valence-corrected chi connectivity index (χ2v) is 8.76. The largest absolute Gasteiger partial charge is 0.487 e. The Kier molecular flexibility index (Phi) is 4.61. The number of carbonyl (C=O) groups is 1. The number of ether oxygens (including phenoxy) is 1. The smallest absolute Gasteiger partial charge is 0.253 e. The molecule has 0 saturated carbocycles. The molecule has 1 amide bonds. The zero-order valence-electron chi connectivity index (χ0n) is 15.0. The van der Waals surface area contributed by atoms with Crippen LogP contribution in [0.4, 0.5) is 0 Å². The van der Waals surface area contributed by atoms with Gasteiger partial charge in [0.05, 0.1) is 6.04 Å². The summed E-state index contributed by atoms with van der Waals surface area (Å²) in [5.41, 5.74) is 0.583. The van der Waals surface area contributed by atoms with Crippen LogP contribution in [0.1, 0.15) is 23.2 Å². The molecule has 0 unspecified atom stereocenters. The van der Waals surface area contributed by atoms with E-state index in [-0.39, 0.29) is 22.9 Å². The molecular weight excluding hydrogens is 366 g/mol. The van der Waals surface area contributed by atoms with Crippen LogP contribution in [-0.4, -0.2) is 60.8 Å². The SMILES string of the molecule is CN1[C@@H]2CCN(C(=O)c3ccncc3)CC[C@H]2Oc2ccccc2S1(=O)=O. The number of likely N-dealkylation sites (tertiary alicyclic amines) is 1. The summed E-state index contributed by atoms with van der Waals surface area (Å²) in [4.78, 5) is 18.7. The molecule has 8 heteroatoms. The Morgan fingerprint density at radius 1 is 1.11 bits per heavy atom. The van der Waals surface area contributed by atoms with Gasteiger partial charge in [-0.15, -0.1) is 0 Å². The second kappa shape index (κ2) is 6.94. The van der Waals surface area contributed by atoms with E-state index < -0.39 is 10.0 Å². The fraction of sp³-hybridized carbons (Fsp3) is 0.368. The molecule has 27 heavy (non-hydrogen) atoms. The van der Waals surface area contributed by atoms with Crippen LogP contribution in [0.5, 0.6) is 5.75 Å². The predicted molar refractivity (Wildman–Crippen MR) is 99.0 cm³/mol. The van der Waals surface area contributed by atoms with Crippen LogP contribution in [0.25, 0.3) is 0 Å². The number of nitrogens with zero attached hydrogens (tertiary/aromatic N) is 3. The Morgan fingerprint density at radius 3 is 2.59 bits per heavy atom. The second-order valence-electron chi connectivity index (χ2n) is 6.80. The molecule has 2 atom stereocenters. The van der Waals surface area contributed by atoms with Gasteiger partial charge in [-0.2, -0.15) is 4.31 Å². The molecule has 3 heterocycles. The van der Waals surface area contributed by atoms with Gasteiger partial charge in [-0.05, 0) is 30.7 Å². The van der Waals surface area contributed by atoms with Gasteiger partial charge >= 0.3 is 0 Å². The van der Waals surface area contributed by atoms with Crippen LogP contribution in [0.15, 0.2) is 53.7 Å². The maximum Gasteiger partial charge on any atom is 0.253 e. The lowest BCUT2D eigenvalue weighted by molar-refractivity contribution is 0.0755. The standard InChI is InChI=1S/C19H21N3O4S/c1-21-15-8-12-22(19(23)14-6-10-20-11-7-14)13-9-16(15)26-17-4-2-3-5-18(17)27(21,24)25/h2-7,10-11,15-16H,8-9,12-13H2,1H3/t15-,16-/m1/s1. The molecular formula is C19H21N3O4S. The van der Waals surface area contributed by atoms with Crippen molar-refractivity contribution >= 4 is 15.9 Å². The molecule has 1 fully saturated rings. The molecule has 0 N–H and O–H groups in total. The van der Waals surface area contributed by atoms with E-state index in [4.69, 9.17) is 4.74 Å². The Labute approximate surface area is 158 Å². The number of carbonyl (C=O) groups excluding carboxylic acids is 1. The van der Waals surface area contributed by atoms with E-state index in [0.29, 0.717) is 37.2 Å². The van der Waals surface area contributed by atoms with E-state index in [1.165, 1.54) is 4.31 Å². The highest BCUT2D eigenvalue weighted by Crippen LogP contribution is 2.35. The van der Waals surface area contributed by atoms with E-state index in [9.17, 15) is 13.2 Å². The van der Waals surface area contributed by atoms with Gasteiger partial charge in [-0.3, -0.25) is 9.78 Å². The normalized spacial score (nSPS) is 24.7. The Morgan fingerprint density at radius 2 is 1.81 bits per heavy atom. The summed E-state index contributed by atoms with van der Waals surface area (Å²) >= 11 is 0. The van der Waals surface area contributed by atoms with Gasteiger partial charge in [0.2, 0.25) is 10.0 Å². The maximum atomic E-state index is 13.0. The first-order chi connectivity index (χ1) is 13.0. The number of fused-ring (bicyclic) bond motifs is 2. The highest BCUT2D eigenvalue weighted by atomic mass is 32.2. The zero-order chi connectivity index (χ0) is 19.0. The number of hydrogen-bond acceptors (Lipinski definition) is 5. The first kappa shape index (κ1) is 17.9. The number of hydrogen-bond donors (Lipinski definition) is 0. The number of rotatable bonds is 1. The summed E-state index contributed by atoms with van der Waals surface area (Å²) in [5.74, 6) is 0.311. The van der Waals surface area contributed by atoms with Crippen molar-refractivity contribution in [2.45, 2.75) is 29.9 Å². The lowest BCUT2D eigenvalue weighted by Gasteiger charge is -2.28. The molecule has 1 aromatic heterocycles. The average Bonchev–Trinajstić information content (AvgIpc) is 2.93. The van der Waals surface area contributed by atoms with Gasteiger partial charge in [0, 0.05) is 44.5 Å². The number of pyridine rings is 1. The summed E-state index contributed by atoms with van der Waals surface area (Å²) in [6, 6.07) is 9.79. The number of amides is 1. The summed E-state index contributed by atoms with van der Waals surface area (Å²) in [5, 5.41) is 0. The van der Waals surface area contributed by atoms with Crippen LogP contribution in [0.2, 0.25) is 0 Å². The molecule has 2 aliphatic rings. The van der Waals surface area contributed by atoms with Crippen molar-refractivity contribution in [3.8, 4) is 5.75 Å². The number of para-hydroxylation sites is 1. The van der Waals surface area contributed by atoms with Crippen LogP contribution < -0.4 is 4.74 Å². The van der Waals surface area contributed by atoms with E-state index >= 15 is 0 Å². The first-order valence-corrected chi connectivity index (χ1v) is 10.4. The van der Waals surface area contributed by atoms with E-state index in [2.05, 4.69) is 4.98 Å². The van der Waals surface area contributed by atoms with Gasteiger partial charge in [0.25, 0.3) is 5.91 Å². The predicted octanol–water partition coefficient (Wildman–Crippen LogP) is 1.77. The van der Waals surface area contributed by atoms with Crippen molar-refractivity contribution in [3.63, 3.8) is 0 Å². The molecule has 0 aliphatic carbocycles. The van der Waals surface area contributed by atoms with E-state index in [0.717, 1.165) is 0 Å². The monoisotopic (exact) mass is 387 g/mol. The van der Waals surface area contributed by atoms with Crippen molar-refractivity contribution in [3.05, 3.63) is 54.4 Å². The fourth-order valence-electron chi connectivity index (χ4n) is 3.75. The third-order valence-corrected chi connectivity index (χ3v) is 7.20. The van der Waals surface area contributed by atoms with Crippen LogP contribution in [0.3, 0.4) is 0 Å². The summed E-state index contributed by atoms with van der Waals surface area (Å²) < 4.78 is 33.5. The summed E-state index contributed by atoms with van der Waals surface area (Å²) in [7, 11) is -2.04. The number of likely N-dealkylation sites (N-methyl/N-ethyl adjacent to an activating group) is 1. The van der Waals surface area contributed by atoms with Gasteiger partial charge in [0.15, 0.2) is 0 Å². The number of sulfonamides is 1. The Hall–Kier alpha value is -2.45. The molecule has 142 valence electrons. The minimum atomic E-state index is -3.64. The minimum Gasteiger partial charge on any atom is -0.487 e. The van der Waals surface area contributed by atoms with Crippen molar-refractivity contribution in [2.24, 2.45) is 0 Å². The molecule has 0 bridgehead atoms. The molecule has 1 saturated heterocycles. The summed E-state index contributed by atoms with van der Waals surface area (Å²) in [6.45, 7) is 0.986. The average molecular weight is 387 g/mol. The highest BCUT2D eigenvalue weighted by molar-refractivity contribution is 7.89. The highest BCUT2D eigenvalue weighted by Gasteiger charge is 2.41. The molecule has 4 rings (SSSR count). The van der Waals surface area contributed by atoms with Crippen LogP contribution in [0, 0.1) is 0 Å². The number of aromatic nitrogens is 1. The first-order valence-electron chi connectivity index (χ1n) is 8.91. The van der Waals surface area contributed by atoms with Crippen molar-refractivity contribution in [1.29, 1.82) is 0 Å². The van der Waals surface area contributed by atoms with Crippen molar-refractivity contribution in [2.75, 3.05) is 20.1 Å². The van der Waals surface area contributed by atoms with Crippen molar-refractivity contribution in [1.82, 2.24) is 14.2 Å². The van der Waals surface area contributed by atoms with E-state index in [1.54, 1.807) is 60.7 Å². The third-order valence-electron chi connectivity index (χ3n) is 5.27. The van der Waals surface area contributed by atoms with Crippen LogP contribution >= 0.6 is 0 Å². The third kappa shape index (κ3) is 3.19. The molecule has 0 radical (unpaired) electrons. The lowest BCUT2D eigenvalue weighted by Crippen LogP contribution is -2.44. The van der Waals surface area contributed by atoms with Gasteiger partial charge in [-0.25, -0.2) is 8.42 Å². The molecule has 7 nitrogen and oxygen atoms in total. The maximum absolute atomic E-state index is 13.0. The quantitative estimate of drug-likeness (QED) is 0.745. The van der Waals surface area contributed by atoms with Gasteiger partial charge < -0.3 is 9.64 Å². The fourth-order valence-corrected chi connectivity index (χ4v) is 5.28. The topological polar surface area (TPSA) is 79.8 Å². The van der Waals surface area contributed by atoms with Gasteiger partial charge in [0.1, 0.15) is 16.7 Å². The minimum absolute atomic E-state index is 0.0697. The number of benzene rings is 1. The molecule has 2 aliphatic heterocycles. The van der Waals surface area contributed by atoms with E-state index in [1.807, 2.05) is 0 Å². The molecule has 2 aromatic rings. The van der Waals surface area contributed by atoms with Gasteiger partial charge in [-0.1, -0.05) is 12.1 Å². The zero-order valence-corrected chi connectivity index (χ0v) is 15.8. The van der Waals surface area contributed by atoms with Crippen LogP contribution in [-0.2, 0) is 10.0 Å². The Balaban J connectivity index is 1.62. The molecule has 1 aromatic carbocycles. The lowest BCUT2D eigenvalue weighted by atomic mass is 10.1. The Bertz CT molecular complexity index is 948. The summed E-state index contributed by atoms with van der Waals surface area (Å²) in [6.07, 6.45) is 3.97.